The maximum Gasteiger partial charge on any atom is 0.260 e. The van der Waals surface area contributed by atoms with Crippen LogP contribution in [0, 0.1) is 6.92 Å². The highest BCUT2D eigenvalue weighted by Gasteiger charge is 2.23. The zero-order valence-corrected chi connectivity index (χ0v) is 12.8. The zero-order chi connectivity index (χ0) is 15.0. The van der Waals surface area contributed by atoms with Crippen LogP contribution >= 0.6 is 11.3 Å². The Morgan fingerprint density at radius 1 is 1.43 bits per heavy atom. The lowest BCUT2D eigenvalue weighted by molar-refractivity contribution is 0.577. The van der Waals surface area contributed by atoms with Crippen LogP contribution in [0.4, 0.5) is 5.82 Å². The van der Waals surface area contributed by atoms with E-state index >= 15 is 0 Å². The molecule has 0 radical (unpaired) electrons. The van der Waals surface area contributed by atoms with Gasteiger partial charge in [0, 0.05) is 23.8 Å². The van der Waals surface area contributed by atoms with Crippen molar-refractivity contribution in [3.05, 3.63) is 40.5 Å². The minimum Gasteiger partial charge on any atom is -0.381 e. The summed E-state index contributed by atoms with van der Waals surface area (Å²) in [6, 6.07) is 5.19. The lowest BCUT2D eigenvalue weighted by Crippen LogP contribution is -2.25. The average Bonchev–Trinajstić information content (AvgIpc) is 2.99. The highest BCUT2D eigenvalue weighted by atomic mass is 32.2. The van der Waals surface area contributed by atoms with Gasteiger partial charge in [0.05, 0.1) is 5.01 Å². The van der Waals surface area contributed by atoms with Crippen molar-refractivity contribution in [2.75, 3.05) is 5.73 Å². The first-order chi connectivity index (χ1) is 9.97. The number of nitrogens with zero attached hydrogens (tertiary/aromatic N) is 3. The third-order valence-electron chi connectivity index (χ3n) is 2.87. The summed E-state index contributed by atoms with van der Waals surface area (Å²) >= 11 is 1.44. The monoisotopic (exact) mass is 323 g/mol. The van der Waals surface area contributed by atoms with Crippen LogP contribution in [0.3, 0.4) is 0 Å². The van der Waals surface area contributed by atoms with Gasteiger partial charge in [-0.05, 0) is 19.1 Å². The van der Waals surface area contributed by atoms with E-state index in [0.29, 0.717) is 5.65 Å². The van der Waals surface area contributed by atoms with Crippen molar-refractivity contribution in [1.82, 2.24) is 19.1 Å². The molecule has 0 atom stereocenters. The van der Waals surface area contributed by atoms with Gasteiger partial charge in [0.2, 0.25) is 0 Å². The highest BCUT2D eigenvalue weighted by molar-refractivity contribution is 7.89. The van der Waals surface area contributed by atoms with Gasteiger partial charge >= 0.3 is 0 Å². The van der Waals surface area contributed by atoms with Crippen LogP contribution < -0.4 is 10.5 Å². The van der Waals surface area contributed by atoms with Crippen LogP contribution in [0.15, 0.2) is 35.6 Å². The predicted octanol–water partition coefficient (Wildman–Crippen LogP) is 1.16. The summed E-state index contributed by atoms with van der Waals surface area (Å²) in [6.07, 6.45) is 3.27. The first kappa shape index (κ1) is 14.0. The van der Waals surface area contributed by atoms with Gasteiger partial charge in [-0.3, -0.25) is 4.40 Å². The summed E-state index contributed by atoms with van der Waals surface area (Å²) in [7, 11) is -3.76. The molecule has 0 fully saturated rings. The van der Waals surface area contributed by atoms with E-state index in [-0.39, 0.29) is 17.4 Å². The molecule has 3 rings (SSSR count). The van der Waals surface area contributed by atoms with Gasteiger partial charge in [0.1, 0.15) is 5.65 Å². The number of rotatable bonds is 4. The molecule has 0 spiro atoms. The number of sulfonamides is 1. The molecular weight excluding hydrogens is 310 g/mol. The fourth-order valence-corrected chi connectivity index (χ4v) is 4.02. The molecule has 21 heavy (non-hydrogen) atoms. The van der Waals surface area contributed by atoms with Crippen LogP contribution in [0.1, 0.15) is 9.88 Å². The molecular formula is C12H13N5O2S2. The second-order valence-electron chi connectivity index (χ2n) is 4.40. The van der Waals surface area contributed by atoms with E-state index in [9.17, 15) is 8.42 Å². The molecule has 3 heterocycles. The topological polar surface area (TPSA) is 102 Å². The number of hydrogen-bond donors (Lipinski definition) is 2. The molecule has 3 aromatic heterocycles. The third kappa shape index (κ3) is 2.62. The molecule has 0 bridgehead atoms. The minimum atomic E-state index is -3.76. The number of nitrogen functional groups attached to an aromatic ring is 1. The number of anilines is 1. The average molecular weight is 323 g/mol. The summed E-state index contributed by atoms with van der Waals surface area (Å²) in [4.78, 5) is 8.98. The molecule has 3 N–H and O–H groups in total. The van der Waals surface area contributed by atoms with Crippen LogP contribution in [0.5, 0.6) is 0 Å². The summed E-state index contributed by atoms with van der Waals surface area (Å²) in [6.45, 7) is 2.04. The Labute approximate surface area is 125 Å². The number of aryl methyl sites for hydroxylation is 1. The van der Waals surface area contributed by atoms with E-state index in [4.69, 9.17) is 5.73 Å². The maximum atomic E-state index is 12.4. The number of thiazole rings is 1. The van der Waals surface area contributed by atoms with Gasteiger partial charge in [-0.15, -0.1) is 11.3 Å². The molecule has 0 aliphatic heterocycles. The van der Waals surface area contributed by atoms with Gasteiger partial charge in [-0.1, -0.05) is 6.07 Å². The molecule has 0 aliphatic carbocycles. The lowest BCUT2D eigenvalue weighted by atomic mass is 10.5. The number of imidazole rings is 1. The fraction of sp³-hybridized carbons (Fsp3) is 0.167. The molecule has 9 heteroatoms. The number of nitrogens with two attached hydrogens (primary N) is 1. The van der Waals surface area contributed by atoms with Crippen molar-refractivity contribution in [3.63, 3.8) is 0 Å². The zero-order valence-electron chi connectivity index (χ0n) is 11.1. The Hall–Kier alpha value is -1.97. The molecule has 0 aromatic carbocycles. The standard InChI is InChI=1S/C12H13N5O2S2/c1-8-14-6-9(20-8)7-15-21(18,19)12-11(13)16-10-4-2-3-5-17(10)12/h2-6,15H,7,13H2,1H3. The molecule has 0 saturated heterocycles. The molecule has 0 aliphatic rings. The van der Waals surface area contributed by atoms with E-state index in [2.05, 4.69) is 14.7 Å². The SMILES string of the molecule is Cc1ncc(CNS(=O)(=O)c2c(N)nc3ccccn23)s1. The predicted molar refractivity (Wildman–Crippen MR) is 80.5 cm³/mol. The van der Waals surface area contributed by atoms with Crippen molar-refractivity contribution in [2.24, 2.45) is 0 Å². The van der Waals surface area contributed by atoms with Crippen LogP contribution in [-0.2, 0) is 16.6 Å². The molecule has 110 valence electrons. The van der Waals surface area contributed by atoms with Crippen molar-refractivity contribution in [1.29, 1.82) is 0 Å². The Balaban J connectivity index is 1.95. The number of aromatic nitrogens is 3. The van der Waals surface area contributed by atoms with E-state index in [1.165, 1.54) is 15.7 Å². The van der Waals surface area contributed by atoms with Crippen molar-refractivity contribution < 1.29 is 8.42 Å². The summed E-state index contributed by atoms with van der Waals surface area (Å²) in [5.74, 6) is -0.0193. The van der Waals surface area contributed by atoms with Gasteiger partial charge in [0.15, 0.2) is 10.8 Å². The van der Waals surface area contributed by atoms with Crippen molar-refractivity contribution >= 4 is 32.8 Å². The largest absolute Gasteiger partial charge is 0.381 e. The Morgan fingerprint density at radius 3 is 2.95 bits per heavy atom. The van der Waals surface area contributed by atoms with E-state index in [1.54, 1.807) is 30.6 Å². The number of fused-ring (bicyclic) bond motifs is 1. The number of pyridine rings is 1. The first-order valence-electron chi connectivity index (χ1n) is 6.11. The van der Waals surface area contributed by atoms with E-state index < -0.39 is 10.0 Å². The van der Waals surface area contributed by atoms with Crippen molar-refractivity contribution in [2.45, 2.75) is 18.5 Å². The fourth-order valence-electron chi connectivity index (χ4n) is 1.98. The Bertz CT molecular complexity index is 897. The molecule has 7 nitrogen and oxygen atoms in total. The molecule has 0 amide bonds. The second-order valence-corrected chi connectivity index (χ2v) is 7.40. The first-order valence-corrected chi connectivity index (χ1v) is 8.41. The van der Waals surface area contributed by atoms with Gasteiger partial charge in [-0.25, -0.2) is 23.1 Å². The number of nitrogens with one attached hydrogen (secondary N) is 1. The van der Waals surface area contributed by atoms with Gasteiger partial charge in [0.25, 0.3) is 10.0 Å². The van der Waals surface area contributed by atoms with Gasteiger partial charge in [-0.2, -0.15) is 0 Å². The smallest absolute Gasteiger partial charge is 0.260 e. The molecule has 0 unspecified atom stereocenters. The van der Waals surface area contributed by atoms with E-state index in [1.807, 2.05) is 6.92 Å². The quantitative estimate of drug-likeness (QED) is 0.750. The summed E-state index contributed by atoms with van der Waals surface area (Å²) < 4.78 is 28.9. The third-order valence-corrected chi connectivity index (χ3v) is 5.22. The van der Waals surface area contributed by atoms with Gasteiger partial charge < -0.3 is 5.73 Å². The minimum absolute atomic E-state index is 0.0193. The Kier molecular flexibility index (Phi) is 3.40. The van der Waals surface area contributed by atoms with Crippen LogP contribution in [0.25, 0.3) is 5.65 Å². The normalized spacial score (nSPS) is 12.0. The molecule has 3 aromatic rings. The van der Waals surface area contributed by atoms with E-state index in [0.717, 1.165) is 9.88 Å². The highest BCUT2D eigenvalue weighted by Crippen LogP contribution is 2.20. The van der Waals surface area contributed by atoms with Crippen LogP contribution in [0.2, 0.25) is 0 Å². The maximum absolute atomic E-state index is 12.4. The lowest BCUT2D eigenvalue weighted by Gasteiger charge is -2.06. The molecule has 0 saturated carbocycles. The second kappa shape index (κ2) is 5.10. The Morgan fingerprint density at radius 2 is 2.24 bits per heavy atom. The van der Waals surface area contributed by atoms with Crippen molar-refractivity contribution in [3.8, 4) is 0 Å². The van der Waals surface area contributed by atoms with Crippen LogP contribution in [-0.4, -0.2) is 22.8 Å². The summed E-state index contributed by atoms with van der Waals surface area (Å²) in [5.41, 5.74) is 6.24. The number of hydrogen-bond acceptors (Lipinski definition) is 6. The summed E-state index contributed by atoms with van der Waals surface area (Å²) in [5, 5.41) is 0.845.